The van der Waals surface area contributed by atoms with E-state index in [-0.39, 0.29) is 23.6 Å². The van der Waals surface area contributed by atoms with Crippen molar-refractivity contribution in [3.63, 3.8) is 0 Å². The third-order valence-electron chi connectivity index (χ3n) is 5.48. The second-order valence-corrected chi connectivity index (χ2v) is 9.36. The van der Waals surface area contributed by atoms with Gasteiger partial charge in [-0.15, -0.1) is 12.4 Å². The first-order chi connectivity index (χ1) is 13.5. The Bertz CT molecular complexity index is 953. The van der Waals surface area contributed by atoms with Crippen molar-refractivity contribution < 1.29 is 13.2 Å². The fraction of sp³-hybridized carbons (Fsp3) is 0.381. The van der Waals surface area contributed by atoms with Crippen LogP contribution in [0.15, 0.2) is 48.5 Å². The predicted molar refractivity (Wildman–Crippen MR) is 118 cm³/mol. The van der Waals surface area contributed by atoms with Crippen LogP contribution >= 0.6 is 12.4 Å². The van der Waals surface area contributed by atoms with Gasteiger partial charge in [0.15, 0.2) is 0 Å². The number of piperazine rings is 1. The summed E-state index contributed by atoms with van der Waals surface area (Å²) in [5.41, 5.74) is 3.11. The molecule has 1 saturated carbocycles. The maximum atomic E-state index is 12.6. The van der Waals surface area contributed by atoms with Gasteiger partial charge in [-0.3, -0.25) is 9.52 Å². The number of anilines is 1. The summed E-state index contributed by atoms with van der Waals surface area (Å²) >= 11 is 0. The Balaban J connectivity index is 0.00000240. The summed E-state index contributed by atoms with van der Waals surface area (Å²) in [4.78, 5) is 14.4. The molecular weight excluding hydrogens is 410 g/mol. The Hall–Kier alpha value is -2.09. The van der Waals surface area contributed by atoms with Gasteiger partial charge in [-0.1, -0.05) is 30.7 Å². The van der Waals surface area contributed by atoms with Crippen LogP contribution in [0.25, 0.3) is 11.1 Å². The topological polar surface area (TPSA) is 78.5 Å². The molecule has 8 heteroatoms. The molecule has 156 valence electrons. The van der Waals surface area contributed by atoms with Gasteiger partial charge in [-0.2, -0.15) is 0 Å². The number of carbonyl (C=O) groups excluding carboxylic acids is 1. The van der Waals surface area contributed by atoms with Gasteiger partial charge in [0.25, 0.3) is 5.91 Å². The van der Waals surface area contributed by atoms with Crippen LogP contribution in [0.2, 0.25) is 0 Å². The maximum Gasteiger partial charge on any atom is 0.253 e. The number of benzene rings is 2. The van der Waals surface area contributed by atoms with E-state index in [1.165, 1.54) is 0 Å². The summed E-state index contributed by atoms with van der Waals surface area (Å²) in [6.07, 6.45) is 2.44. The molecule has 0 radical (unpaired) electrons. The minimum atomic E-state index is -3.31. The van der Waals surface area contributed by atoms with Gasteiger partial charge in [0.1, 0.15) is 0 Å². The standard InChI is InChI=1S/C21H25N3O3S.ClH/c25-21(24-13-11-22-12-14-24)17-9-7-16(8-10-17)18-3-1-4-19(15-18)23-28(26,27)20-5-2-6-20;/h1,3-4,7-10,15,20,22-23H,2,5-6,11-14H2;1H. The number of hydrogen-bond donors (Lipinski definition) is 2. The highest BCUT2D eigenvalue weighted by atomic mass is 35.5. The van der Waals surface area contributed by atoms with Crippen LogP contribution < -0.4 is 10.0 Å². The van der Waals surface area contributed by atoms with Crippen molar-refractivity contribution in [3.8, 4) is 11.1 Å². The van der Waals surface area contributed by atoms with Gasteiger partial charge >= 0.3 is 0 Å². The summed E-state index contributed by atoms with van der Waals surface area (Å²) in [5, 5.41) is 2.97. The Morgan fingerprint density at radius 1 is 1.00 bits per heavy atom. The molecular formula is C21H26ClN3O3S. The molecule has 1 amide bonds. The molecule has 0 unspecified atom stereocenters. The van der Waals surface area contributed by atoms with E-state index in [0.29, 0.717) is 11.3 Å². The van der Waals surface area contributed by atoms with Crippen molar-refractivity contribution in [2.24, 2.45) is 0 Å². The molecule has 2 aromatic carbocycles. The summed E-state index contributed by atoms with van der Waals surface area (Å²) < 4.78 is 27.4. The first-order valence-electron chi connectivity index (χ1n) is 9.75. The van der Waals surface area contributed by atoms with Gasteiger partial charge in [0.2, 0.25) is 10.0 Å². The number of amides is 1. The fourth-order valence-electron chi connectivity index (χ4n) is 3.55. The molecule has 29 heavy (non-hydrogen) atoms. The molecule has 6 nitrogen and oxygen atoms in total. The number of hydrogen-bond acceptors (Lipinski definition) is 4. The van der Waals surface area contributed by atoms with Crippen LogP contribution in [0, 0.1) is 0 Å². The van der Waals surface area contributed by atoms with Gasteiger partial charge < -0.3 is 10.2 Å². The Morgan fingerprint density at radius 2 is 1.69 bits per heavy atom. The number of rotatable bonds is 5. The van der Waals surface area contributed by atoms with E-state index in [9.17, 15) is 13.2 Å². The first-order valence-corrected chi connectivity index (χ1v) is 11.3. The van der Waals surface area contributed by atoms with Crippen molar-refractivity contribution in [2.45, 2.75) is 24.5 Å². The lowest BCUT2D eigenvalue weighted by Gasteiger charge is -2.27. The number of halogens is 1. The molecule has 2 N–H and O–H groups in total. The summed E-state index contributed by atoms with van der Waals surface area (Å²) in [5.74, 6) is 0.0510. The van der Waals surface area contributed by atoms with Crippen LogP contribution in [0.4, 0.5) is 5.69 Å². The third kappa shape index (κ3) is 4.91. The lowest BCUT2D eigenvalue weighted by Crippen LogP contribution is -2.46. The van der Waals surface area contributed by atoms with Crippen molar-refractivity contribution >= 4 is 34.0 Å². The van der Waals surface area contributed by atoms with Crippen LogP contribution in [-0.2, 0) is 10.0 Å². The van der Waals surface area contributed by atoms with E-state index in [1.54, 1.807) is 6.07 Å². The molecule has 1 aliphatic heterocycles. The minimum Gasteiger partial charge on any atom is -0.336 e. The molecule has 4 rings (SSSR count). The van der Waals surface area contributed by atoms with Crippen molar-refractivity contribution in [1.82, 2.24) is 10.2 Å². The zero-order valence-corrected chi connectivity index (χ0v) is 17.8. The largest absolute Gasteiger partial charge is 0.336 e. The predicted octanol–water partition coefficient (Wildman–Crippen LogP) is 3.12. The van der Waals surface area contributed by atoms with Crippen molar-refractivity contribution in [1.29, 1.82) is 0 Å². The van der Waals surface area contributed by atoms with Crippen LogP contribution in [0.5, 0.6) is 0 Å². The van der Waals surface area contributed by atoms with Crippen LogP contribution in [0.3, 0.4) is 0 Å². The molecule has 0 aromatic heterocycles. The summed E-state index contributed by atoms with van der Waals surface area (Å²) in [6, 6.07) is 14.9. The van der Waals surface area contributed by atoms with E-state index < -0.39 is 10.0 Å². The van der Waals surface area contributed by atoms with Crippen LogP contribution in [-0.4, -0.2) is 50.7 Å². The number of nitrogens with zero attached hydrogens (tertiary/aromatic N) is 1. The molecule has 0 bridgehead atoms. The van der Waals surface area contributed by atoms with E-state index in [0.717, 1.165) is 56.6 Å². The molecule has 1 saturated heterocycles. The summed E-state index contributed by atoms with van der Waals surface area (Å²) in [6.45, 7) is 3.11. The molecule has 2 aliphatic rings. The quantitative estimate of drug-likeness (QED) is 0.756. The van der Waals surface area contributed by atoms with Crippen LogP contribution in [0.1, 0.15) is 29.6 Å². The highest BCUT2D eigenvalue weighted by Gasteiger charge is 2.31. The number of sulfonamides is 1. The van der Waals surface area contributed by atoms with Gasteiger partial charge in [-0.05, 0) is 48.2 Å². The molecule has 0 atom stereocenters. The molecule has 2 aromatic rings. The monoisotopic (exact) mass is 435 g/mol. The zero-order valence-electron chi connectivity index (χ0n) is 16.1. The smallest absolute Gasteiger partial charge is 0.253 e. The van der Waals surface area contributed by atoms with Crippen molar-refractivity contribution in [3.05, 3.63) is 54.1 Å². The second-order valence-electron chi connectivity index (χ2n) is 7.40. The van der Waals surface area contributed by atoms with Crippen molar-refractivity contribution in [2.75, 3.05) is 30.9 Å². The molecule has 1 heterocycles. The van der Waals surface area contributed by atoms with E-state index >= 15 is 0 Å². The van der Waals surface area contributed by atoms with E-state index in [4.69, 9.17) is 0 Å². The SMILES string of the molecule is Cl.O=C(c1ccc(-c2cccc(NS(=O)(=O)C3CCC3)c2)cc1)N1CCNCC1. The third-order valence-corrected chi connectivity index (χ3v) is 7.35. The molecule has 1 aliphatic carbocycles. The highest BCUT2D eigenvalue weighted by Crippen LogP contribution is 2.29. The molecule has 0 spiro atoms. The molecule has 2 fully saturated rings. The first kappa shape index (κ1) is 21.6. The highest BCUT2D eigenvalue weighted by molar-refractivity contribution is 7.93. The Morgan fingerprint density at radius 3 is 2.31 bits per heavy atom. The zero-order chi connectivity index (χ0) is 19.6. The normalized spacial score (nSPS) is 17.2. The maximum absolute atomic E-state index is 12.6. The van der Waals surface area contributed by atoms with Gasteiger partial charge in [0.05, 0.1) is 5.25 Å². The van der Waals surface area contributed by atoms with Gasteiger partial charge in [0, 0.05) is 37.4 Å². The Labute approximate surface area is 178 Å². The lowest BCUT2D eigenvalue weighted by molar-refractivity contribution is 0.0736. The minimum absolute atomic E-state index is 0. The fourth-order valence-corrected chi connectivity index (χ4v) is 5.12. The number of carbonyl (C=O) groups is 1. The summed E-state index contributed by atoms with van der Waals surface area (Å²) in [7, 11) is -3.31. The van der Waals surface area contributed by atoms with Gasteiger partial charge in [-0.25, -0.2) is 8.42 Å². The van der Waals surface area contributed by atoms with E-state index in [2.05, 4.69) is 10.0 Å². The average Bonchev–Trinajstić information content (AvgIpc) is 2.66. The average molecular weight is 436 g/mol. The lowest BCUT2D eigenvalue weighted by atomic mass is 10.0. The number of nitrogens with one attached hydrogen (secondary N) is 2. The van der Waals surface area contributed by atoms with E-state index in [1.807, 2.05) is 47.4 Å². The Kier molecular flexibility index (Phi) is 6.82. The second kappa shape index (κ2) is 9.15.